The number of carbonyl (C=O) groups is 1. The van der Waals surface area contributed by atoms with Gasteiger partial charge in [-0.05, 0) is 53.9 Å². The summed E-state index contributed by atoms with van der Waals surface area (Å²) in [5.74, 6) is 0.840. The van der Waals surface area contributed by atoms with Crippen molar-refractivity contribution in [1.82, 2.24) is 4.90 Å². The van der Waals surface area contributed by atoms with Crippen LogP contribution in [0.2, 0.25) is 0 Å². The van der Waals surface area contributed by atoms with Crippen LogP contribution in [-0.2, 0) is 0 Å². The monoisotopic (exact) mass is 249 g/mol. The van der Waals surface area contributed by atoms with Crippen LogP contribution in [0.25, 0.3) is 0 Å². The standard InChI is InChI=1S/C15H23NO2/c1-11(2)18-13-9-7-8-12(10-13)14(17)15(3,4)16(5)6/h7-11H,1-6H3. The maximum Gasteiger partial charge on any atom is 0.182 e. The normalized spacial score (nSPS) is 12.0. The van der Waals surface area contributed by atoms with Crippen LogP contribution >= 0.6 is 0 Å². The Kier molecular flexibility index (Phi) is 4.52. The molecule has 18 heavy (non-hydrogen) atoms. The summed E-state index contributed by atoms with van der Waals surface area (Å²) < 4.78 is 5.61. The molecule has 0 unspecified atom stereocenters. The smallest absolute Gasteiger partial charge is 0.182 e. The van der Waals surface area contributed by atoms with E-state index in [2.05, 4.69) is 0 Å². The van der Waals surface area contributed by atoms with E-state index in [1.165, 1.54) is 0 Å². The molecule has 0 amide bonds. The highest BCUT2D eigenvalue weighted by molar-refractivity contribution is 6.02. The van der Waals surface area contributed by atoms with Crippen LogP contribution in [0.1, 0.15) is 38.1 Å². The van der Waals surface area contributed by atoms with Crippen molar-refractivity contribution in [2.45, 2.75) is 39.3 Å². The predicted molar refractivity (Wildman–Crippen MR) is 74.3 cm³/mol. The number of likely N-dealkylation sites (N-methyl/N-ethyl adjacent to an activating group) is 1. The number of benzene rings is 1. The molecular weight excluding hydrogens is 226 g/mol. The second-order valence-corrected chi connectivity index (χ2v) is 5.48. The van der Waals surface area contributed by atoms with Crippen LogP contribution in [-0.4, -0.2) is 36.4 Å². The highest BCUT2D eigenvalue weighted by Gasteiger charge is 2.30. The van der Waals surface area contributed by atoms with Crippen LogP contribution in [0.15, 0.2) is 24.3 Å². The van der Waals surface area contributed by atoms with Gasteiger partial charge >= 0.3 is 0 Å². The van der Waals surface area contributed by atoms with Gasteiger partial charge in [0.2, 0.25) is 0 Å². The van der Waals surface area contributed by atoms with E-state index in [0.717, 1.165) is 5.75 Å². The van der Waals surface area contributed by atoms with Crippen molar-refractivity contribution < 1.29 is 9.53 Å². The third-order valence-corrected chi connectivity index (χ3v) is 3.14. The molecule has 3 nitrogen and oxygen atoms in total. The van der Waals surface area contributed by atoms with Gasteiger partial charge < -0.3 is 4.74 Å². The number of rotatable bonds is 5. The predicted octanol–water partition coefficient (Wildman–Crippen LogP) is 3.00. The average Bonchev–Trinajstić information content (AvgIpc) is 2.27. The molecule has 0 spiro atoms. The van der Waals surface area contributed by atoms with E-state index in [1.54, 1.807) is 0 Å². The number of ether oxygens (including phenoxy) is 1. The first-order chi connectivity index (χ1) is 8.25. The molecule has 1 aromatic carbocycles. The molecular formula is C15H23NO2. The van der Waals surface area contributed by atoms with Crippen LogP contribution in [0.3, 0.4) is 0 Å². The molecule has 100 valence electrons. The molecule has 0 heterocycles. The number of hydrogen-bond acceptors (Lipinski definition) is 3. The summed E-state index contributed by atoms with van der Waals surface area (Å²) in [6.07, 6.45) is 0.109. The number of Topliss-reactive ketones (excluding diaryl/α,β-unsaturated/α-hetero) is 1. The Morgan fingerprint density at radius 3 is 2.39 bits per heavy atom. The maximum atomic E-state index is 12.4. The van der Waals surface area contributed by atoms with Gasteiger partial charge in [-0.2, -0.15) is 0 Å². The van der Waals surface area contributed by atoms with E-state index >= 15 is 0 Å². The van der Waals surface area contributed by atoms with Gasteiger partial charge in [-0.15, -0.1) is 0 Å². The lowest BCUT2D eigenvalue weighted by Crippen LogP contribution is -2.45. The van der Waals surface area contributed by atoms with Gasteiger partial charge in [0.15, 0.2) is 5.78 Å². The zero-order valence-corrected chi connectivity index (χ0v) is 12.2. The molecule has 0 aromatic heterocycles. The van der Waals surface area contributed by atoms with Gasteiger partial charge in [0.05, 0.1) is 11.6 Å². The van der Waals surface area contributed by atoms with Crippen LogP contribution < -0.4 is 4.74 Å². The van der Waals surface area contributed by atoms with E-state index in [-0.39, 0.29) is 11.9 Å². The molecule has 3 heteroatoms. The third kappa shape index (κ3) is 3.33. The molecule has 0 saturated heterocycles. The SMILES string of the molecule is CC(C)Oc1cccc(C(=O)C(C)(C)N(C)C)c1. The fourth-order valence-electron chi connectivity index (χ4n) is 1.54. The highest BCUT2D eigenvalue weighted by Crippen LogP contribution is 2.21. The minimum Gasteiger partial charge on any atom is -0.491 e. The summed E-state index contributed by atoms with van der Waals surface area (Å²) in [4.78, 5) is 14.4. The minimum absolute atomic E-state index is 0.0988. The van der Waals surface area contributed by atoms with Gasteiger partial charge in [-0.1, -0.05) is 12.1 Å². The van der Waals surface area contributed by atoms with Crippen molar-refractivity contribution in [3.05, 3.63) is 29.8 Å². The topological polar surface area (TPSA) is 29.5 Å². The van der Waals surface area contributed by atoms with E-state index in [9.17, 15) is 4.79 Å². The van der Waals surface area contributed by atoms with E-state index in [4.69, 9.17) is 4.74 Å². The number of carbonyl (C=O) groups excluding carboxylic acids is 1. The zero-order chi connectivity index (χ0) is 13.9. The van der Waals surface area contributed by atoms with E-state index < -0.39 is 5.54 Å². The van der Waals surface area contributed by atoms with Crippen LogP contribution in [0.4, 0.5) is 0 Å². The number of ketones is 1. The second-order valence-electron chi connectivity index (χ2n) is 5.48. The Labute approximate surface area is 110 Å². The summed E-state index contributed by atoms with van der Waals surface area (Å²) in [6, 6.07) is 7.38. The van der Waals surface area contributed by atoms with Gasteiger partial charge in [0.25, 0.3) is 0 Å². The molecule has 0 fully saturated rings. The Morgan fingerprint density at radius 1 is 1.28 bits per heavy atom. The van der Waals surface area contributed by atoms with Crippen molar-refractivity contribution in [1.29, 1.82) is 0 Å². The first-order valence-corrected chi connectivity index (χ1v) is 6.24. The second kappa shape index (κ2) is 5.53. The first kappa shape index (κ1) is 14.7. The van der Waals surface area contributed by atoms with Gasteiger partial charge in [0.1, 0.15) is 5.75 Å². The first-order valence-electron chi connectivity index (χ1n) is 6.24. The summed E-state index contributed by atoms with van der Waals surface area (Å²) in [7, 11) is 3.82. The highest BCUT2D eigenvalue weighted by atomic mass is 16.5. The van der Waals surface area contributed by atoms with Gasteiger partial charge in [-0.3, -0.25) is 9.69 Å². The van der Waals surface area contributed by atoms with Crippen molar-refractivity contribution in [3.63, 3.8) is 0 Å². The summed E-state index contributed by atoms with van der Waals surface area (Å²) in [5, 5.41) is 0. The summed E-state index contributed by atoms with van der Waals surface area (Å²) in [5.41, 5.74) is 0.169. The van der Waals surface area contributed by atoms with Crippen molar-refractivity contribution >= 4 is 5.78 Å². The van der Waals surface area contributed by atoms with Gasteiger partial charge in [-0.25, -0.2) is 0 Å². The fraction of sp³-hybridized carbons (Fsp3) is 0.533. The molecule has 1 aromatic rings. The number of nitrogens with zero attached hydrogens (tertiary/aromatic N) is 1. The summed E-state index contributed by atoms with van der Waals surface area (Å²) in [6.45, 7) is 7.78. The Hall–Kier alpha value is -1.35. The van der Waals surface area contributed by atoms with Crippen LogP contribution in [0.5, 0.6) is 5.75 Å². The molecule has 0 atom stereocenters. The minimum atomic E-state index is -0.517. The lowest BCUT2D eigenvalue weighted by atomic mass is 9.92. The molecule has 0 aliphatic carbocycles. The van der Waals surface area contributed by atoms with E-state index in [0.29, 0.717) is 5.56 Å². The molecule has 0 aliphatic rings. The Bertz CT molecular complexity index is 422. The van der Waals surface area contributed by atoms with Crippen LogP contribution in [0, 0.1) is 0 Å². The van der Waals surface area contributed by atoms with E-state index in [1.807, 2.05) is 71.0 Å². The lowest BCUT2D eigenvalue weighted by Gasteiger charge is -2.31. The van der Waals surface area contributed by atoms with Crippen molar-refractivity contribution in [2.24, 2.45) is 0 Å². The number of hydrogen-bond donors (Lipinski definition) is 0. The summed E-state index contributed by atoms with van der Waals surface area (Å²) >= 11 is 0. The average molecular weight is 249 g/mol. The zero-order valence-electron chi connectivity index (χ0n) is 12.2. The molecule has 0 aliphatic heterocycles. The maximum absolute atomic E-state index is 12.4. The third-order valence-electron chi connectivity index (χ3n) is 3.14. The molecule has 0 radical (unpaired) electrons. The molecule has 0 N–H and O–H groups in total. The Morgan fingerprint density at radius 2 is 1.89 bits per heavy atom. The van der Waals surface area contributed by atoms with Gasteiger partial charge in [0, 0.05) is 5.56 Å². The lowest BCUT2D eigenvalue weighted by molar-refractivity contribution is 0.0755. The largest absolute Gasteiger partial charge is 0.491 e. The Balaban J connectivity index is 3.00. The van der Waals surface area contributed by atoms with Crippen molar-refractivity contribution in [3.8, 4) is 5.75 Å². The molecule has 0 saturated carbocycles. The fourth-order valence-corrected chi connectivity index (χ4v) is 1.54. The van der Waals surface area contributed by atoms with Crippen molar-refractivity contribution in [2.75, 3.05) is 14.1 Å². The molecule has 0 bridgehead atoms. The quantitative estimate of drug-likeness (QED) is 0.751. The molecule has 1 rings (SSSR count).